The van der Waals surface area contributed by atoms with Crippen molar-refractivity contribution in [1.82, 2.24) is 15.0 Å². The van der Waals surface area contributed by atoms with E-state index in [1.807, 2.05) is 43.3 Å². The summed E-state index contributed by atoms with van der Waals surface area (Å²) in [6.07, 6.45) is 6.33. The smallest absolute Gasteiger partial charge is 0.328 e. The number of carbonyl (C=O) groups is 1. The summed E-state index contributed by atoms with van der Waals surface area (Å²) in [4.78, 5) is 30.1. The molecule has 3 aromatic rings. The molecular weight excluding hydrogens is 378 g/mol. The summed E-state index contributed by atoms with van der Waals surface area (Å²) < 4.78 is 0. The van der Waals surface area contributed by atoms with Crippen LogP contribution in [0.3, 0.4) is 0 Å². The van der Waals surface area contributed by atoms with Crippen molar-refractivity contribution in [2.45, 2.75) is 25.3 Å². The molecule has 8 heteroatoms. The molecule has 8 nitrogen and oxygen atoms in total. The number of rotatable bonds is 5. The molecule has 0 bridgehead atoms. The van der Waals surface area contributed by atoms with Gasteiger partial charge in [0.2, 0.25) is 0 Å². The lowest BCUT2D eigenvalue weighted by Gasteiger charge is -2.37. The average molecular weight is 403 g/mol. The lowest BCUT2D eigenvalue weighted by molar-refractivity contribution is 0.249. The number of nitrogen functional groups attached to an aromatic ring is 1. The Hall–Kier alpha value is -3.68. The molecule has 0 saturated heterocycles. The molecule has 154 valence electrons. The molecule has 30 heavy (non-hydrogen) atoms. The lowest BCUT2D eigenvalue weighted by Crippen LogP contribution is -2.47. The number of anilines is 4. The SMILES string of the molecule is CN(C)c1ccc(-c2ccc(N)c(N(C(=O)Nc3ccccn3)C3CCC3)n2)cn1. The van der Waals surface area contributed by atoms with E-state index >= 15 is 0 Å². The van der Waals surface area contributed by atoms with Gasteiger partial charge in [0.1, 0.15) is 11.6 Å². The first kappa shape index (κ1) is 19.6. The maximum Gasteiger partial charge on any atom is 0.328 e. The Kier molecular flexibility index (Phi) is 5.47. The standard InChI is InChI=1S/C22H25N7O/c1-28(2)20-12-9-15(14-25-20)18-11-10-17(23)21(26-18)29(16-6-5-7-16)22(30)27-19-8-3-4-13-24-19/h3-4,8-14,16H,5-7,23H2,1-2H3,(H,24,27,30). The van der Waals surface area contributed by atoms with E-state index in [9.17, 15) is 4.79 Å². The number of hydrogen-bond donors (Lipinski definition) is 2. The highest BCUT2D eigenvalue weighted by atomic mass is 16.2. The predicted octanol–water partition coefficient (Wildman–Crippen LogP) is 3.78. The van der Waals surface area contributed by atoms with E-state index < -0.39 is 0 Å². The van der Waals surface area contributed by atoms with Gasteiger partial charge >= 0.3 is 6.03 Å². The molecule has 3 heterocycles. The summed E-state index contributed by atoms with van der Waals surface area (Å²) in [6, 6.07) is 12.7. The molecular formula is C22H25N7O. The minimum absolute atomic E-state index is 0.0630. The topological polar surface area (TPSA) is 100 Å². The number of urea groups is 1. The molecule has 1 aliphatic rings. The molecule has 0 aromatic carbocycles. The second kappa shape index (κ2) is 8.36. The van der Waals surface area contributed by atoms with Crippen LogP contribution in [-0.2, 0) is 0 Å². The van der Waals surface area contributed by atoms with Gasteiger partial charge in [0.15, 0.2) is 5.82 Å². The Balaban J connectivity index is 1.66. The number of aromatic nitrogens is 3. The van der Waals surface area contributed by atoms with Crippen LogP contribution in [0.4, 0.5) is 27.9 Å². The molecule has 0 radical (unpaired) electrons. The van der Waals surface area contributed by atoms with Gasteiger partial charge in [-0.2, -0.15) is 0 Å². The second-order valence-corrected chi connectivity index (χ2v) is 7.51. The molecule has 1 saturated carbocycles. The summed E-state index contributed by atoms with van der Waals surface area (Å²) in [5, 5.41) is 2.86. The number of carbonyl (C=O) groups excluding carboxylic acids is 1. The van der Waals surface area contributed by atoms with Gasteiger partial charge in [-0.1, -0.05) is 6.07 Å². The van der Waals surface area contributed by atoms with Crippen molar-refractivity contribution in [3.8, 4) is 11.3 Å². The molecule has 0 unspecified atom stereocenters. The van der Waals surface area contributed by atoms with Crippen molar-refractivity contribution in [1.29, 1.82) is 0 Å². The van der Waals surface area contributed by atoms with Crippen LogP contribution in [0, 0.1) is 0 Å². The maximum absolute atomic E-state index is 13.1. The van der Waals surface area contributed by atoms with Crippen LogP contribution in [0.2, 0.25) is 0 Å². The van der Waals surface area contributed by atoms with Crippen molar-refractivity contribution >= 4 is 29.2 Å². The van der Waals surface area contributed by atoms with Crippen LogP contribution in [0.25, 0.3) is 11.3 Å². The van der Waals surface area contributed by atoms with Gasteiger partial charge in [0, 0.05) is 38.1 Å². The zero-order valence-electron chi connectivity index (χ0n) is 17.1. The van der Waals surface area contributed by atoms with Crippen LogP contribution in [0.15, 0.2) is 54.9 Å². The molecule has 0 atom stereocenters. The van der Waals surface area contributed by atoms with Crippen LogP contribution >= 0.6 is 0 Å². The van der Waals surface area contributed by atoms with Crippen LogP contribution in [0.5, 0.6) is 0 Å². The minimum Gasteiger partial charge on any atom is -0.396 e. The number of nitrogens with zero attached hydrogens (tertiary/aromatic N) is 5. The quantitative estimate of drug-likeness (QED) is 0.672. The third-order valence-corrected chi connectivity index (χ3v) is 5.19. The van der Waals surface area contributed by atoms with E-state index in [0.29, 0.717) is 23.0 Å². The number of pyridine rings is 3. The first-order chi connectivity index (χ1) is 14.5. The van der Waals surface area contributed by atoms with Gasteiger partial charge in [-0.05, 0) is 55.7 Å². The fraction of sp³-hybridized carbons (Fsp3) is 0.273. The lowest BCUT2D eigenvalue weighted by atomic mass is 9.91. The highest BCUT2D eigenvalue weighted by Crippen LogP contribution is 2.34. The van der Waals surface area contributed by atoms with Crippen molar-refractivity contribution < 1.29 is 4.79 Å². The molecule has 0 aliphatic heterocycles. The van der Waals surface area contributed by atoms with E-state index in [1.165, 1.54) is 0 Å². The fourth-order valence-electron chi connectivity index (χ4n) is 3.30. The largest absolute Gasteiger partial charge is 0.396 e. The monoisotopic (exact) mass is 403 g/mol. The van der Waals surface area contributed by atoms with Gasteiger partial charge in [0.05, 0.1) is 11.4 Å². The Bertz CT molecular complexity index is 1020. The average Bonchev–Trinajstić information content (AvgIpc) is 2.72. The van der Waals surface area contributed by atoms with E-state index in [0.717, 1.165) is 30.6 Å². The fourth-order valence-corrected chi connectivity index (χ4v) is 3.30. The predicted molar refractivity (Wildman–Crippen MR) is 120 cm³/mol. The third kappa shape index (κ3) is 4.03. The Morgan fingerprint density at radius 1 is 1.10 bits per heavy atom. The molecule has 3 N–H and O–H groups in total. The number of amides is 2. The summed E-state index contributed by atoms with van der Waals surface area (Å²) in [6.45, 7) is 0. The number of hydrogen-bond acceptors (Lipinski definition) is 6. The van der Waals surface area contributed by atoms with Gasteiger partial charge in [-0.15, -0.1) is 0 Å². The first-order valence-electron chi connectivity index (χ1n) is 9.94. The Morgan fingerprint density at radius 3 is 2.53 bits per heavy atom. The molecule has 2 amide bonds. The van der Waals surface area contributed by atoms with Gasteiger partial charge < -0.3 is 10.6 Å². The number of nitrogens with two attached hydrogens (primary N) is 1. The summed E-state index contributed by atoms with van der Waals surface area (Å²) >= 11 is 0. The van der Waals surface area contributed by atoms with Crippen molar-refractivity contribution in [2.24, 2.45) is 0 Å². The molecule has 1 fully saturated rings. The van der Waals surface area contributed by atoms with E-state index in [2.05, 4.69) is 15.3 Å². The van der Waals surface area contributed by atoms with Gasteiger partial charge in [0.25, 0.3) is 0 Å². The highest BCUT2D eigenvalue weighted by Gasteiger charge is 2.32. The molecule has 4 rings (SSSR count). The normalized spacial score (nSPS) is 13.4. The molecule has 0 spiro atoms. The van der Waals surface area contributed by atoms with E-state index in [1.54, 1.807) is 35.5 Å². The maximum atomic E-state index is 13.1. The zero-order valence-corrected chi connectivity index (χ0v) is 17.1. The highest BCUT2D eigenvalue weighted by molar-refractivity contribution is 6.03. The number of nitrogens with one attached hydrogen (secondary N) is 1. The first-order valence-corrected chi connectivity index (χ1v) is 9.94. The third-order valence-electron chi connectivity index (χ3n) is 5.19. The van der Waals surface area contributed by atoms with Crippen molar-refractivity contribution in [2.75, 3.05) is 34.9 Å². The van der Waals surface area contributed by atoms with E-state index in [4.69, 9.17) is 10.7 Å². The van der Waals surface area contributed by atoms with Crippen LogP contribution < -0.4 is 20.9 Å². The summed E-state index contributed by atoms with van der Waals surface area (Å²) in [5.74, 6) is 1.81. The van der Waals surface area contributed by atoms with Crippen LogP contribution in [-0.4, -0.2) is 41.1 Å². The second-order valence-electron chi connectivity index (χ2n) is 7.51. The Labute approximate surface area is 175 Å². The minimum atomic E-state index is -0.282. The summed E-state index contributed by atoms with van der Waals surface area (Å²) in [5.41, 5.74) is 8.29. The molecule has 3 aromatic heterocycles. The van der Waals surface area contributed by atoms with Crippen molar-refractivity contribution in [3.63, 3.8) is 0 Å². The zero-order chi connectivity index (χ0) is 21.1. The van der Waals surface area contributed by atoms with Gasteiger partial charge in [-0.25, -0.2) is 19.7 Å². The Morgan fingerprint density at radius 2 is 1.93 bits per heavy atom. The van der Waals surface area contributed by atoms with Gasteiger partial charge in [-0.3, -0.25) is 10.2 Å². The summed E-state index contributed by atoms with van der Waals surface area (Å²) in [7, 11) is 3.89. The van der Waals surface area contributed by atoms with Crippen molar-refractivity contribution in [3.05, 3.63) is 54.9 Å². The van der Waals surface area contributed by atoms with Crippen LogP contribution in [0.1, 0.15) is 19.3 Å². The molecule has 1 aliphatic carbocycles. The van der Waals surface area contributed by atoms with E-state index in [-0.39, 0.29) is 12.1 Å².